The second kappa shape index (κ2) is 5.69. The molecular weight excluding hydrogens is 273 g/mol. The van der Waals surface area contributed by atoms with Crippen LogP contribution in [0.15, 0.2) is 34.7 Å². The molecule has 21 heavy (non-hydrogen) atoms. The topological polar surface area (TPSA) is 62.5 Å². The zero-order chi connectivity index (χ0) is 15.6. The van der Waals surface area contributed by atoms with Gasteiger partial charge >= 0.3 is 0 Å². The Morgan fingerprint density at radius 3 is 2.62 bits per heavy atom. The van der Waals surface area contributed by atoms with Crippen LogP contribution in [-0.2, 0) is 5.60 Å². The SMILES string of the molecule is Cc1ccc(C(=O)NCC(C)(O)c2ccc(C)o2)c(F)c1. The van der Waals surface area contributed by atoms with E-state index in [2.05, 4.69) is 5.32 Å². The van der Waals surface area contributed by atoms with E-state index in [9.17, 15) is 14.3 Å². The molecule has 4 nitrogen and oxygen atoms in total. The number of benzene rings is 1. The van der Waals surface area contributed by atoms with E-state index in [-0.39, 0.29) is 12.1 Å². The molecule has 2 rings (SSSR count). The first-order chi connectivity index (χ1) is 9.79. The maximum Gasteiger partial charge on any atom is 0.254 e. The van der Waals surface area contributed by atoms with Crippen molar-refractivity contribution in [3.63, 3.8) is 0 Å². The van der Waals surface area contributed by atoms with Gasteiger partial charge in [0.1, 0.15) is 22.9 Å². The Bertz CT molecular complexity index is 661. The minimum absolute atomic E-state index is 0.0491. The number of amides is 1. The van der Waals surface area contributed by atoms with Crippen LogP contribution in [0.3, 0.4) is 0 Å². The average Bonchev–Trinajstić information content (AvgIpc) is 2.84. The lowest BCUT2D eigenvalue weighted by atomic mass is 10.0. The van der Waals surface area contributed by atoms with Crippen LogP contribution in [-0.4, -0.2) is 17.6 Å². The van der Waals surface area contributed by atoms with Crippen LogP contribution in [0.5, 0.6) is 0 Å². The molecule has 0 aliphatic heterocycles. The number of aliphatic hydroxyl groups is 1. The number of hydrogen-bond donors (Lipinski definition) is 2. The molecule has 5 heteroatoms. The molecule has 112 valence electrons. The predicted octanol–water partition coefficient (Wildman–Crippen LogP) is 2.67. The van der Waals surface area contributed by atoms with Crippen molar-refractivity contribution in [3.8, 4) is 0 Å². The van der Waals surface area contributed by atoms with Crippen molar-refractivity contribution in [2.75, 3.05) is 6.54 Å². The van der Waals surface area contributed by atoms with E-state index in [1.54, 1.807) is 32.0 Å². The van der Waals surface area contributed by atoms with Crippen molar-refractivity contribution in [1.29, 1.82) is 0 Å². The van der Waals surface area contributed by atoms with Gasteiger partial charge in [-0.3, -0.25) is 4.79 Å². The summed E-state index contributed by atoms with van der Waals surface area (Å²) in [5.41, 5.74) is -0.667. The highest BCUT2D eigenvalue weighted by Gasteiger charge is 2.28. The van der Waals surface area contributed by atoms with Crippen LogP contribution < -0.4 is 5.32 Å². The van der Waals surface area contributed by atoms with Gasteiger partial charge in [0, 0.05) is 0 Å². The summed E-state index contributed by atoms with van der Waals surface area (Å²) in [6, 6.07) is 7.75. The molecule has 1 atom stereocenters. The summed E-state index contributed by atoms with van der Waals surface area (Å²) in [6.07, 6.45) is 0. The highest BCUT2D eigenvalue weighted by Crippen LogP contribution is 2.22. The molecule has 0 spiro atoms. The molecule has 0 aliphatic rings. The standard InChI is InChI=1S/C16H18FNO3/c1-10-4-6-12(13(17)8-10)15(19)18-9-16(3,20)14-7-5-11(2)21-14/h4-8,20H,9H2,1-3H3,(H,18,19). The maximum absolute atomic E-state index is 13.7. The van der Waals surface area contributed by atoms with Gasteiger partial charge in [0.05, 0.1) is 12.1 Å². The van der Waals surface area contributed by atoms with Crippen molar-refractivity contribution in [2.45, 2.75) is 26.4 Å². The molecular formula is C16H18FNO3. The number of hydrogen-bond acceptors (Lipinski definition) is 3. The minimum Gasteiger partial charge on any atom is -0.463 e. The fraction of sp³-hybridized carbons (Fsp3) is 0.312. The maximum atomic E-state index is 13.7. The molecule has 0 radical (unpaired) electrons. The Morgan fingerprint density at radius 1 is 1.33 bits per heavy atom. The zero-order valence-electron chi connectivity index (χ0n) is 12.2. The summed E-state index contributed by atoms with van der Waals surface area (Å²) in [4.78, 5) is 12.0. The number of rotatable bonds is 4. The van der Waals surface area contributed by atoms with E-state index >= 15 is 0 Å². The lowest BCUT2D eigenvalue weighted by Crippen LogP contribution is -2.38. The van der Waals surface area contributed by atoms with Crippen molar-refractivity contribution in [1.82, 2.24) is 5.32 Å². The molecule has 1 heterocycles. The second-order valence-corrected chi connectivity index (χ2v) is 5.35. The van der Waals surface area contributed by atoms with E-state index < -0.39 is 17.3 Å². The first-order valence-electron chi connectivity index (χ1n) is 6.63. The normalized spacial score (nSPS) is 13.8. The molecule has 0 fully saturated rings. The summed E-state index contributed by atoms with van der Waals surface area (Å²) in [5.74, 6) is -0.136. The molecule has 1 aromatic carbocycles. The van der Waals surface area contributed by atoms with Gasteiger partial charge in [-0.2, -0.15) is 0 Å². The molecule has 2 N–H and O–H groups in total. The quantitative estimate of drug-likeness (QED) is 0.910. The summed E-state index contributed by atoms with van der Waals surface area (Å²) < 4.78 is 19.1. The molecule has 2 aromatic rings. The highest BCUT2D eigenvalue weighted by molar-refractivity contribution is 5.94. The highest BCUT2D eigenvalue weighted by atomic mass is 19.1. The van der Waals surface area contributed by atoms with E-state index in [0.29, 0.717) is 11.5 Å². The third-order valence-electron chi connectivity index (χ3n) is 3.23. The first kappa shape index (κ1) is 15.3. The van der Waals surface area contributed by atoms with E-state index in [4.69, 9.17) is 4.42 Å². The van der Waals surface area contributed by atoms with Crippen LogP contribution in [0.2, 0.25) is 0 Å². The van der Waals surface area contributed by atoms with Gasteiger partial charge in [-0.05, 0) is 50.6 Å². The van der Waals surface area contributed by atoms with Crippen LogP contribution in [0.4, 0.5) is 4.39 Å². The van der Waals surface area contributed by atoms with Gasteiger partial charge < -0.3 is 14.8 Å². The fourth-order valence-corrected chi connectivity index (χ4v) is 1.96. The predicted molar refractivity (Wildman–Crippen MR) is 76.5 cm³/mol. The van der Waals surface area contributed by atoms with Gasteiger partial charge in [0.2, 0.25) is 0 Å². The lowest BCUT2D eigenvalue weighted by molar-refractivity contribution is 0.0322. The summed E-state index contributed by atoms with van der Waals surface area (Å²) in [6.45, 7) is 4.96. The van der Waals surface area contributed by atoms with E-state index in [0.717, 1.165) is 5.56 Å². The second-order valence-electron chi connectivity index (χ2n) is 5.35. The molecule has 0 saturated carbocycles. The van der Waals surface area contributed by atoms with Gasteiger partial charge in [-0.15, -0.1) is 0 Å². The third-order valence-corrected chi connectivity index (χ3v) is 3.23. The Balaban J connectivity index is 2.06. The number of carbonyl (C=O) groups is 1. The number of aryl methyl sites for hydroxylation is 2. The molecule has 1 unspecified atom stereocenters. The molecule has 1 amide bonds. The molecule has 0 aliphatic carbocycles. The number of furan rings is 1. The van der Waals surface area contributed by atoms with Crippen molar-refractivity contribution < 1.29 is 18.7 Å². The summed E-state index contributed by atoms with van der Waals surface area (Å²) in [7, 11) is 0. The Morgan fingerprint density at radius 2 is 2.05 bits per heavy atom. The number of nitrogens with one attached hydrogen (secondary N) is 1. The van der Waals surface area contributed by atoms with Gasteiger partial charge in [0.15, 0.2) is 0 Å². The third kappa shape index (κ3) is 3.49. The molecule has 1 aromatic heterocycles. The van der Waals surface area contributed by atoms with Crippen LogP contribution in [0, 0.1) is 19.7 Å². The van der Waals surface area contributed by atoms with Crippen molar-refractivity contribution in [2.24, 2.45) is 0 Å². The van der Waals surface area contributed by atoms with Gasteiger partial charge in [0.25, 0.3) is 5.91 Å². The summed E-state index contributed by atoms with van der Waals surface area (Å²) in [5, 5.41) is 12.8. The first-order valence-corrected chi connectivity index (χ1v) is 6.63. The van der Waals surface area contributed by atoms with Gasteiger partial charge in [-0.25, -0.2) is 4.39 Å². The fourth-order valence-electron chi connectivity index (χ4n) is 1.96. The van der Waals surface area contributed by atoms with Crippen molar-refractivity contribution in [3.05, 3.63) is 58.8 Å². The Labute approximate surface area is 122 Å². The smallest absolute Gasteiger partial charge is 0.254 e. The minimum atomic E-state index is -1.36. The molecule has 0 bridgehead atoms. The number of carbonyl (C=O) groups excluding carboxylic acids is 1. The van der Waals surface area contributed by atoms with E-state index in [1.807, 2.05) is 0 Å². The molecule has 0 saturated heterocycles. The largest absolute Gasteiger partial charge is 0.463 e. The van der Waals surface area contributed by atoms with Crippen LogP contribution in [0.1, 0.15) is 34.4 Å². The van der Waals surface area contributed by atoms with Crippen LogP contribution >= 0.6 is 0 Å². The zero-order valence-corrected chi connectivity index (χ0v) is 12.2. The lowest BCUT2D eigenvalue weighted by Gasteiger charge is -2.21. The monoisotopic (exact) mass is 291 g/mol. The number of halogens is 1. The van der Waals surface area contributed by atoms with Crippen molar-refractivity contribution >= 4 is 5.91 Å². The Hall–Kier alpha value is -2.14. The Kier molecular flexibility index (Phi) is 4.14. The van der Waals surface area contributed by atoms with E-state index in [1.165, 1.54) is 19.1 Å². The van der Waals surface area contributed by atoms with Crippen LogP contribution in [0.25, 0.3) is 0 Å². The average molecular weight is 291 g/mol. The van der Waals surface area contributed by atoms with Gasteiger partial charge in [-0.1, -0.05) is 6.07 Å². The summed E-state index contributed by atoms with van der Waals surface area (Å²) >= 11 is 0.